The minimum absolute atomic E-state index is 0.792. The first kappa shape index (κ1) is 7.98. The van der Waals surface area contributed by atoms with E-state index in [2.05, 4.69) is 10.3 Å². The summed E-state index contributed by atoms with van der Waals surface area (Å²) in [5, 5.41) is 0. The van der Waals surface area contributed by atoms with Gasteiger partial charge in [0.05, 0.1) is 0 Å². The quantitative estimate of drug-likeness (QED) is 0.443. The number of nitrogens with two attached hydrogens (primary N) is 1. The first-order chi connectivity index (χ1) is 4.93. The zero-order valence-corrected chi connectivity index (χ0v) is 6.42. The Morgan fingerprint density at radius 2 is 1.90 bits per heavy atom. The molecule has 0 aromatic heterocycles. The molecule has 0 bridgehead atoms. The zero-order chi connectivity index (χ0) is 7.23. The molecule has 1 radical (unpaired) electrons. The van der Waals surface area contributed by atoms with Crippen molar-refractivity contribution in [2.75, 3.05) is 26.2 Å². The maximum Gasteiger partial charge on any atom is 0.0429 e. The average molecular weight is 142 g/mol. The standard InChI is InChI=1S/C7H16N3/c8-9-4-7-10-5-2-1-3-6-10/h1-8H2. The van der Waals surface area contributed by atoms with Crippen molar-refractivity contribution in [3.05, 3.63) is 0 Å². The minimum atomic E-state index is 0.792. The topological polar surface area (TPSA) is 43.4 Å². The molecule has 59 valence electrons. The predicted molar refractivity (Wildman–Crippen MR) is 41.5 cm³/mol. The summed E-state index contributed by atoms with van der Waals surface area (Å²) in [5.41, 5.74) is 3.59. The van der Waals surface area contributed by atoms with Crippen LogP contribution in [0, 0.1) is 0 Å². The van der Waals surface area contributed by atoms with E-state index in [1.165, 1.54) is 32.4 Å². The van der Waals surface area contributed by atoms with E-state index in [1.807, 2.05) is 0 Å². The summed E-state index contributed by atoms with van der Waals surface area (Å²) in [4.78, 5) is 2.43. The minimum Gasteiger partial charge on any atom is -0.302 e. The van der Waals surface area contributed by atoms with Gasteiger partial charge < -0.3 is 4.90 Å². The van der Waals surface area contributed by atoms with E-state index >= 15 is 0 Å². The van der Waals surface area contributed by atoms with Gasteiger partial charge in [-0.25, -0.2) is 0 Å². The Morgan fingerprint density at radius 3 is 2.50 bits per heavy atom. The lowest BCUT2D eigenvalue weighted by Gasteiger charge is -2.25. The fraction of sp³-hybridized carbons (Fsp3) is 1.00. The van der Waals surface area contributed by atoms with Crippen LogP contribution in [0.15, 0.2) is 0 Å². The van der Waals surface area contributed by atoms with Crippen LogP contribution < -0.4 is 11.3 Å². The number of likely N-dealkylation sites (tertiary alicyclic amines) is 1. The number of hydrogen-bond acceptors (Lipinski definition) is 2. The molecule has 0 saturated carbocycles. The maximum atomic E-state index is 5.04. The number of piperidine rings is 1. The summed E-state index contributed by atoms with van der Waals surface area (Å²) >= 11 is 0. The van der Waals surface area contributed by atoms with Crippen LogP contribution in [0.25, 0.3) is 0 Å². The molecule has 0 atom stereocenters. The Labute approximate surface area is 62.5 Å². The number of nitrogens with zero attached hydrogens (tertiary/aromatic N) is 2. The van der Waals surface area contributed by atoms with E-state index in [0.29, 0.717) is 0 Å². The highest BCUT2D eigenvalue weighted by atomic mass is 15.2. The molecule has 3 nitrogen and oxygen atoms in total. The van der Waals surface area contributed by atoms with E-state index in [1.54, 1.807) is 0 Å². The molecular weight excluding hydrogens is 126 g/mol. The van der Waals surface area contributed by atoms with E-state index in [4.69, 9.17) is 5.84 Å². The van der Waals surface area contributed by atoms with Crippen molar-refractivity contribution in [2.45, 2.75) is 19.3 Å². The van der Waals surface area contributed by atoms with E-state index in [9.17, 15) is 0 Å². The highest BCUT2D eigenvalue weighted by molar-refractivity contribution is 4.64. The molecule has 1 fully saturated rings. The molecule has 1 heterocycles. The summed E-state index contributed by atoms with van der Waals surface area (Å²) in [6.45, 7) is 4.33. The highest BCUT2D eigenvalue weighted by Crippen LogP contribution is 2.06. The van der Waals surface area contributed by atoms with Gasteiger partial charge in [-0.15, -0.1) is 0 Å². The van der Waals surface area contributed by atoms with Gasteiger partial charge in [-0.1, -0.05) is 6.42 Å². The smallest absolute Gasteiger partial charge is 0.0429 e. The first-order valence-electron chi connectivity index (χ1n) is 4.02. The fourth-order valence-corrected chi connectivity index (χ4v) is 1.38. The summed E-state index contributed by atoms with van der Waals surface area (Å²) < 4.78 is 0. The van der Waals surface area contributed by atoms with Crippen molar-refractivity contribution < 1.29 is 0 Å². The van der Waals surface area contributed by atoms with Gasteiger partial charge in [0.2, 0.25) is 0 Å². The lowest BCUT2D eigenvalue weighted by Crippen LogP contribution is -2.35. The van der Waals surface area contributed by atoms with Crippen LogP contribution in [0.3, 0.4) is 0 Å². The molecule has 1 rings (SSSR count). The second-order valence-corrected chi connectivity index (χ2v) is 2.81. The number of rotatable bonds is 3. The third-order valence-electron chi connectivity index (χ3n) is 1.99. The van der Waals surface area contributed by atoms with Crippen molar-refractivity contribution >= 4 is 0 Å². The van der Waals surface area contributed by atoms with Crippen LogP contribution in [0.5, 0.6) is 0 Å². The molecule has 2 N–H and O–H groups in total. The van der Waals surface area contributed by atoms with Gasteiger partial charge in [-0.2, -0.15) is 5.43 Å². The van der Waals surface area contributed by atoms with Crippen molar-refractivity contribution in [3.63, 3.8) is 0 Å². The Kier molecular flexibility index (Phi) is 3.72. The van der Waals surface area contributed by atoms with E-state index < -0.39 is 0 Å². The van der Waals surface area contributed by atoms with Crippen LogP contribution in [0.4, 0.5) is 0 Å². The van der Waals surface area contributed by atoms with Crippen molar-refractivity contribution in [2.24, 2.45) is 5.84 Å². The molecule has 10 heavy (non-hydrogen) atoms. The lowest BCUT2D eigenvalue weighted by molar-refractivity contribution is 0.229. The van der Waals surface area contributed by atoms with Crippen molar-refractivity contribution in [3.8, 4) is 0 Å². The van der Waals surface area contributed by atoms with Crippen LogP contribution in [0.1, 0.15) is 19.3 Å². The molecule has 0 spiro atoms. The molecule has 3 heteroatoms. The molecule has 0 amide bonds. The summed E-state index contributed by atoms with van der Waals surface area (Å²) in [6, 6.07) is 0. The first-order valence-corrected chi connectivity index (χ1v) is 4.02. The van der Waals surface area contributed by atoms with Gasteiger partial charge in [0.15, 0.2) is 0 Å². The third-order valence-corrected chi connectivity index (χ3v) is 1.99. The Balaban J connectivity index is 2.02. The SMILES string of the molecule is N[N]CCN1CCCCC1. The fourth-order valence-electron chi connectivity index (χ4n) is 1.38. The van der Waals surface area contributed by atoms with Crippen LogP contribution in [0.2, 0.25) is 0 Å². The van der Waals surface area contributed by atoms with Gasteiger partial charge in [-0.3, -0.25) is 5.84 Å². The third kappa shape index (κ3) is 2.64. The van der Waals surface area contributed by atoms with Gasteiger partial charge >= 0.3 is 0 Å². The second-order valence-electron chi connectivity index (χ2n) is 2.81. The maximum absolute atomic E-state index is 5.04. The average Bonchev–Trinajstić information content (AvgIpc) is 2.03. The van der Waals surface area contributed by atoms with Gasteiger partial charge in [-0.05, 0) is 25.9 Å². The zero-order valence-electron chi connectivity index (χ0n) is 6.42. The normalized spacial score (nSPS) is 21.3. The highest BCUT2D eigenvalue weighted by Gasteiger charge is 2.08. The van der Waals surface area contributed by atoms with Gasteiger partial charge in [0.1, 0.15) is 0 Å². The van der Waals surface area contributed by atoms with Crippen LogP contribution >= 0.6 is 0 Å². The molecule has 1 aliphatic rings. The largest absolute Gasteiger partial charge is 0.302 e. The van der Waals surface area contributed by atoms with Crippen LogP contribution in [-0.4, -0.2) is 31.1 Å². The Bertz CT molecular complexity index is 78.9. The Morgan fingerprint density at radius 1 is 1.20 bits per heavy atom. The molecule has 0 aliphatic carbocycles. The summed E-state index contributed by atoms with van der Waals surface area (Å²) in [5.74, 6) is 5.04. The molecule has 0 aromatic rings. The predicted octanol–water partition coefficient (Wildman–Crippen LogP) is -0.0496. The molecule has 0 aromatic carbocycles. The number of hydrogen-bond donors (Lipinski definition) is 1. The Hall–Kier alpha value is -0.120. The molecule has 0 unspecified atom stereocenters. The molecule has 1 aliphatic heterocycles. The summed E-state index contributed by atoms with van der Waals surface area (Å²) in [6.07, 6.45) is 4.10. The van der Waals surface area contributed by atoms with Gasteiger partial charge in [0.25, 0.3) is 0 Å². The molecular formula is C7H16N3. The lowest BCUT2D eigenvalue weighted by atomic mass is 10.1. The van der Waals surface area contributed by atoms with Gasteiger partial charge in [0, 0.05) is 13.1 Å². The van der Waals surface area contributed by atoms with Crippen molar-refractivity contribution in [1.82, 2.24) is 10.3 Å². The van der Waals surface area contributed by atoms with E-state index in [-0.39, 0.29) is 0 Å². The van der Waals surface area contributed by atoms with E-state index in [0.717, 1.165) is 13.1 Å². The molecule has 1 saturated heterocycles. The summed E-state index contributed by atoms with van der Waals surface area (Å²) in [7, 11) is 0. The van der Waals surface area contributed by atoms with Crippen molar-refractivity contribution in [1.29, 1.82) is 0 Å². The monoisotopic (exact) mass is 142 g/mol. The second kappa shape index (κ2) is 4.66. The van der Waals surface area contributed by atoms with Crippen LogP contribution in [-0.2, 0) is 0 Å².